The zero-order valence-corrected chi connectivity index (χ0v) is 23.4. The molecule has 3 aliphatic rings. The van der Waals surface area contributed by atoms with Gasteiger partial charge >= 0.3 is 0 Å². The molecule has 1 aromatic carbocycles. The van der Waals surface area contributed by atoms with Gasteiger partial charge in [0.15, 0.2) is 0 Å². The molecule has 0 unspecified atom stereocenters. The van der Waals surface area contributed by atoms with Gasteiger partial charge in [0.1, 0.15) is 24.0 Å². The van der Waals surface area contributed by atoms with Crippen molar-refractivity contribution in [2.24, 2.45) is 0 Å². The Morgan fingerprint density at radius 3 is 2.53 bits per heavy atom. The minimum Gasteiger partial charge on any atom is -0.387 e. The molecule has 2 aliphatic heterocycles. The van der Waals surface area contributed by atoms with Gasteiger partial charge in [-0.05, 0) is 56.7 Å². The first-order chi connectivity index (χ1) is 16.2. The molecule has 0 saturated carbocycles. The topological polar surface area (TPSA) is 81.6 Å². The number of carbonyl (C=O) groups is 1. The Labute approximate surface area is 230 Å². The molecule has 10 heteroatoms. The fourth-order valence-electron chi connectivity index (χ4n) is 6.26. The molecule has 1 aromatic heterocycles. The van der Waals surface area contributed by atoms with Gasteiger partial charge in [0.25, 0.3) is 0 Å². The molecule has 0 radical (unpaired) electrons. The molecule has 2 fully saturated rings. The van der Waals surface area contributed by atoms with Crippen molar-refractivity contribution >= 4 is 48.5 Å². The third-order valence-corrected chi connectivity index (χ3v) is 8.24. The molecule has 4 atom stereocenters. The summed E-state index contributed by atoms with van der Waals surface area (Å²) in [6.45, 7) is 9.46. The Morgan fingerprint density at radius 2 is 1.92 bits per heavy atom. The highest BCUT2D eigenvalue weighted by Crippen LogP contribution is 2.44. The van der Waals surface area contributed by atoms with E-state index in [9.17, 15) is 9.90 Å². The number of aromatic nitrogens is 2. The molecule has 7 nitrogen and oxygen atoms in total. The van der Waals surface area contributed by atoms with Crippen LogP contribution in [0.25, 0.3) is 0 Å². The molecule has 36 heavy (non-hydrogen) atoms. The van der Waals surface area contributed by atoms with Gasteiger partial charge in [0.2, 0.25) is 0 Å². The molecule has 0 bridgehead atoms. The Hall–Kier alpha value is -1.48. The van der Waals surface area contributed by atoms with Gasteiger partial charge in [0, 0.05) is 48.3 Å². The van der Waals surface area contributed by atoms with Crippen LogP contribution in [-0.2, 0) is 10.3 Å². The maximum absolute atomic E-state index is 13.0. The van der Waals surface area contributed by atoms with Crippen LogP contribution in [0.4, 0.5) is 5.82 Å². The summed E-state index contributed by atoms with van der Waals surface area (Å²) in [5, 5.41) is 14.8. The van der Waals surface area contributed by atoms with Gasteiger partial charge in [-0.25, -0.2) is 9.97 Å². The van der Waals surface area contributed by atoms with E-state index >= 15 is 0 Å². The number of aliphatic hydroxyl groups is 1. The second-order valence-corrected chi connectivity index (χ2v) is 11.1. The zero-order chi connectivity index (χ0) is 24.1. The van der Waals surface area contributed by atoms with Crippen LogP contribution in [0.5, 0.6) is 0 Å². The number of aldehydes is 1. The number of hydrogen-bond acceptors (Lipinski definition) is 7. The predicted octanol–water partition coefficient (Wildman–Crippen LogP) is 4.26. The summed E-state index contributed by atoms with van der Waals surface area (Å²) in [4.78, 5) is 26.6. The lowest BCUT2D eigenvalue weighted by Gasteiger charge is -2.49. The summed E-state index contributed by atoms with van der Waals surface area (Å²) in [5.41, 5.74) is 1.97. The maximum atomic E-state index is 13.0. The monoisotopic (exact) mass is 555 g/mol. The van der Waals surface area contributed by atoms with Crippen molar-refractivity contribution in [1.82, 2.24) is 20.2 Å². The van der Waals surface area contributed by atoms with Crippen molar-refractivity contribution in [3.05, 3.63) is 52.4 Å². The third-order valence-electron chi connectivity index (χ3n) is 8.00. The lowest BCUT2D eigenvalue weighted by Crippen LogP contribution is -2.64. The summed E-state index contributed by atoms with van der Waals surface area (Å²) in [5.74, 6) is 1.15. The molecule has 2 N–H and O–H groups in total. The van der Waals surface area contributed by atoms with Crippen molar-refractivity contribution < 1.29 is 9.90 Å². The normalized spacial score (nSPS) is 26.9. The number of aliphatic hydroxyl groups excluding tert-OH is 1. The molecule has 2 saturated heterocycles. The number of carbonyl (C=O) groups excluding carboxylic acids is 1. The maximum Gasteiger partial charge on any atom is 0.146 e. The second kappa shape index (κ2) is 11.1. The number of benzene rings is 1. The fraction of sp³-hybridized carbons (Fsp3) is 0.577. The zero-order valence-electron chi connectivity index (χ0n) is 21.0. The number of nitrogens with one attached hydrogen (secondary N) is 1. The lowest BCUT2D eigenvalue weighted by atomic mass is 9.80. The molecule has 0 spiro atoms. The van der Waals surface area contributed by atoms with Gasteiger partial charge < -0.3 is 20.1 Å². The van der Waals surface area contributed by atoms with Gasteiger partial charge in [-0.1, -0.05) is 30.7 Å². The predicted molar refractivity (Wildman–Crippen MR) is 148 cm³/mol. The van der Waals surface area contributed by atoms with E-state index in [0.29, 0.717) is 11.4 Å². The number of fused-ring (bicyclic) bond motifs is 1. The molecule has 2 aromatic rings. The minimum absolute atomic E-state index is 0. The third kappa shape index (κ3) is 4.98. The van der Waals surface area contributed by atoms with E-state index in [0.717, 1.165) is 67.9 Å². The van der Waals surface area contributed by atoms with Crippen molar-refractivity contribution in [1.29, 1.82) is 0 Å². The van der Waals surface area contributed by atoms with Crippen LogP contribution in [0, 0.1) is 0 Å². The van der Waals surface area contributed by atoms with Gasteiger partial charge in [-0.2, -0.15) is 0 Å². The molecular formula is C26H36Cl3N5O2. The largest absolute Gasteiger partial charge is 0.387 e. The first-order valence-corrected chi connectivity index (χ1v) is 12.7. The quantitative estimate of drug-likeness (QED) is 0.533. The van der Waals surface area contributed by atoms with E-state index < -0.39 is 11.6 Å². The van der Waals surface area contributed by atoms with Gasteiger partial charge in [-0.3, -0.25) is 4.90 Å². The van der Waals surface area contributed by atoms with E-state index in [1.807, 2.05) is 24.3 Å². The molecular weight excluding hydrogens is 521 g/mol. The van der Waals surface area contributed by atoms with Gasteiger partial charge in [-0.15, -0.1) is 24.8 Å². The number of piperazine rings is 1. The van der Waals surface area contributed by atoms with Gasteiger partial charge in [0.05, 0.1) is 11.8 Å². The van der Waals surface area contributed by atoms with Crippen LogP contribution in [-0.4, -0.2) is 64.0 Å². The Bertz CT molecular complexity index is 1080. The summed E-state index contributed by atoms with van der Waals surface area (Å²) in [7, 11) is 0. The minimum atomic E-state index is -0.790. The summed E-state index contributed by atoms with van der Waals surface area (Å²) in [6, 6.07) is 7.76. The molecule has 1 aliphatic carbocycles. The fourth-order valence-corrected chi connectivity index (χ4v) is 6.45. The Morgan fingerprint density at radius 1 is 1.19 bits per heavy atom. The van der Waals surface area contributed by atoms with E-state index in [4.69, 9.17) is 11.6 Å². The number of nitrogens with zero attached hydrogens (tertiary/aromatic N) is 4. The van der Waals surface area contributed by atoms with Crippen LogP contribution in [0.3, 0.4) is 0 Å². The number of rotatable bonds is 5. The summed E-state index contributed by atoms with van der Waals surface area (Å²) < 4.78 is 0. The van der Waals surface area contributed by atoms with E-state index in [-0.39, 0.29) is 42.3 Å². The molecule has 0 amide bonds. The van der Waals surface area contributed by atoms with Crippen molar-refractivity contribution in [3.8, 4) is 0 Å². The molecule has 5 rings (SSSR count). The van der Waals surface area contributed by atoms with Crippen molar-refractivity contribution in [2.45, 2.75) is 69.2 Å². The smallest absolute Gasteiger partial charge is 0.146 e. The highest BCUT2D eigenvalue weighted by Gasteiger charge is 2.50. The molecule has 198 valence electrons. The van der Waals surface area contributed by atoms with E-state index in [1.54, 1.807) is 6.33 Å². The van der Waals surface area contributed by atoms with Crippen LogP contribution < -0.4 is 10.2 Å². The first kappa shape index (κ1) is 29.1. The lowest BCUT2D eigenvalue weighted by molar-refractivity contribution is -0.122. The number of anilines is 1. The van der Waals surface area contributed by atoms with Crippen molar-refractivity contribution in [2.75, 3.05) is 31.1 Å². The number of hydrogen-bond donors (Lipinski definition) is 2. The van der Waals surface area contributed by atoms with Crippen LogP contribution in [0.15, 0.2) is 30.6 Å². The Balaban J connectivity index is 0.00000180. The van der Waals surface area contributed by atoms with E-state index in [1.165, 1.54) is 0 Å². The second-order valence-electron chi connectivity index (χ2n) is 10.7. The number of halogens is 3. The first-order valence-electron chi connectivity index (χ1n) is 12.3. The average molecular weight is 557 g/mol. The summed E-state index contributed by atoms with van der Waals surface area (Å²) >= 11 is 6.39. The standard InChI is InChI=1S/C26H34ClN5O2.2ClH/c1-17-13-20(34)23-22(17)24(29-16-28-23)31-9-11-32(12-10-31)26(15-33,18-5-4-6-19(27)14-18)21-7-8-25(2,3)30-21;;/h4-6,14-17,20-21,30,34H,7-13H2,1-3H3;2*1H/t17-,20-,21+,26+;;/m1../s1. The van der Waals surface area contributed by atoms with E-state index in [2.05, 4.69) is 45.9 Å². The van der Waals surface area contributed by atoms with Crippen LogP contribution >= 0.6 is 36.4 Å². The summed E-state index contributed by atoms with van der Waals surface area (Å²) in [6.07, 6.45) is 4.80. The molecule has 3 heterocycles. The SMILES string of the molecule is C[C@@H]1C[C@@H](O)c2ncnc(N3CCN([C@@](C=O)(c4cccc(Cl)c4)[C@@H]4CCC(C)(C)N4)CC3)c21.Cl.Cl. The Kier molecular flexibility index (Phi) is 8.96. The highest BCUT2D eigenvalue weighted by atomic mass is 35.5. The van der Waals surface area contributed by atoms with Crippen molar-refractivity contribution in [3.63, 3.8) is 0 Å². The highest BCUT2D eigenvalue weighted by molar-refractivity contribution is 6.30. The average Bonchev–Trinajstić information content (AvgIpc) is 3.33. The van der Waals surface area contributed by atoms with Crippen LogP contribution in [0.2, 0.25) is 5.02 Å². The van der Waals surface area contributed by atoms with Crippen LogP contribution in [0.1, 0.15) is 68.9 Å².